The zero-order chi connectivity index (χ0) is 29.9. The van der Waals surface area contributed by atoms with Crippen molar-refractivity contribution in [3.8, 4) is 0 Å². The molecular formula is C39H27BF2N2. The van der Waals surface area contributed by atoms with Crippen molar-refractivity contribution in [1.82, 2.24) is 4.48 Å². The van der Waals surface area contributed by atoms with Crippen LogP contribution in [0.2, 0.25) is 0 Å². The molecule has 2 nitrogen and oxygen atoms in total. The summed E-state index contributed by atoms with van der Waals surface area (Å²) in [5.74, 6) is 0. The van der Waals surface area contributed by atoms with Crippen molar-refractivity contribution < 1.29 is 8.63 Å². The fraction of sp³-hybridized carbons (Fsp3) is 0. The Morgan fingerprint density at radius 3 is 1.70 bits per heavy atom. The number of benzene rings is 5. The van der Waals surface area contributed by atoms with Crippen molar-refractivity contribution in [1.29, 1.82) is 0 Å². The first-order chi connectivity index (χ1) is 21.7. The fourth-order valence-corrected chi connectivity index (χ4v) is 5.86. The SMILES string of the molecule is FB(F)n1c(/C=C/c2ccccc2)c2ccccc2c1/C(=C1N=C(/C=C/c2ccccc2)c2ccccc2\1)c1ccccc1. The van der Waals surface area contributed by atoms with Gasteiger partial charge in [-0.25, -0.2) is 4.99 Å². The monoisotopic (exact) mass is 572 g/mol. The summed E-state index contributed by atoms with van der Waals surface area (Å²) < 4.78 is 31.9. The second-order valence-corrected chi connectivity index (χ2v) is 10.5. The van der Waals surface area contributed by atoms with E-state index in [1.807, 2.05) is 158 Å². The summed E-state index contributed by atoms with van der Waals surface area (Å²) in [4.78, 5) is 5.17. The Morgan fingerprint density at radius 2 is 1.07 bits per heavy atom. The second-order valence-electron chi connectivity index (χ2n) is 10.5. The predicted octanol–water partition coefficient (Wildman–Crippen LogP) is 10.0. The van der Waals surface area contributed by atoms with Crippen LogP contribution in [0.3, 0.4) is 0 Å². The lowest BCUT2D eigenvalue weighted by molar-refractivity contribution is 0.628. The molecule has 0 bridgehead atoms. The van der Waals surface area contributed by atoms with Crippen LogP contribution in [0.4, 0.5) is 8.63 Å². The molecule has 5 heteroatoms. The Hall–Kier alpha value is -5.55. The van der Waals surface area contributed by atoms with E-state index in [1.165, 1.54) is 0 Å². The van der Waals surface area contributed by atoms with Gasteiger partial charge in [-0.2, -0.15) is 0 Å². The van der Waals surface area contributed by atoms with Gasteiger partial charge in [0.1, 0.15) is 0 Å². The number of allylic oxidation sites excluding steroid dienone is 1. The number of aromatic nitrogens is 1. The van der Waals surface area contributed by atoms with Gasteiger partial charge in [-0.15, -0.1) is 0 Å². The van der Waals surface area contributed by atoms with E-state index in [9.17, 15) is 0 Å². The third-order valence-corrected chi connectivity index (χ3v) is 7.85. The molecule has 1 aromatic heterocycles. The van der Waals surface area contributed by atoms with Gasteiger partial charge in [0.25, 0.3) is 0 Å². The van der Waals surface area contributed by atoms with Crippen LogP contribution in [0.1, 0.15) is 39.2 Å². The van der Waals surface area contributed by atoms with Crippen LogP contribution in [0.25, 0.3) is 40.3 Å². The van der Waals surface area contributed by atoms with E-state index >= 15 is 8.63 Å². The highest BCUT2D eigenvalue weighted by atomic mass is 19.2. The summed E-state index contributed by atoms with van der Waals surface area (Å²) in [6.07, 6.45) is 7.71. The van der Waals surface area contributed by atoms with Gasteiger partial charge in [0.15, 0.2) is 0 Å². The highest BCUT2D eigenvalue weighted by molar-refractivity contribution is 6.43. The summed E-state index contributed by atoms with van der Waals surface area (Å²) >= 11 is 0. The Kier molecular flexibility index (Phi) is 7.43. The van der Waals surface area contributed by atoms with Gasteiger partial charge in [-0.1, -0.05) is 152 Å². The minimum atomic E-state index is -2.79. The van der Waals surface area contributed by atoms with Gasteiger partial charge in [0, 0.05) is 33.2 Å². The van der Waals surface area contributed by atoms with Crippen LogP contribution in [-0.4, -0.2) is 17.6 Å². The highest BCUT2D eigenvalue weighted by Crippen LogP contribution is 2.43. The quantitative estimate of drug-likeness (QED) is 0.170. The lowest BCUT2D eigenvalue weighted by Crippen LogP contribution is -2.18. The molecule has 0 radical (unpaired) electrons. The Morgan fingerprint density at radius 1 is 0.545 bits per heavy atom. The summed E-state index contributed by atoms with van der Waals surface area (Å²) in [5.41, 5.74) is 7.69. The zero-order valence-corrected chi connectivity index (χ0v) is 23.8. The molecule has 0 amide bonds. The molecule has 0 aliphatic carbocycles. The predicted molar refractivity (Wildman–Crippen MR) is 181 cm³/mol. The third-order valence-electron chi connectivity index (χ3n) is 7.85. The Balaban J connectivity index is 1.53. The molecule has 44 heavy (non-hydrogen) atoms. The molecule has 6 aromatic rings. The first-order valence-electron chi connectivity index (χ1n) is 14.5. The molecule has 1 aliphatic heterocycles. The van der Waals surface area contributed by atoms with Gasteiger partial charge < -0.3 is 4.48 Å². The minimum absolute atomic E-state index is 0.441. The van der Waals surface area contributed by atoms with Gasteiger partial charge in [0.2, 0.25) is 0 Å². The van der Waals surface area contributed by atoms with E-state index in [0.29, 0.717) is 22.7 Å². The van der Waals surface area contributed by atoms with Crippen LogP contribution >= 0.6 is 0 Å². The molecule has 210 valence electrons. The minimum Gasteiger partial charge on any atom is -0.324 e. The van der Waals surface area contributed by atoms with Gasteiger partial charge >= 0.3 is 7.40 Å². The lowest BCUT2D eigenvalue weighted by atomic mass is 9.93. The van der Waals surface area contributed by atoms with Crippen LogP contribution < -0.4 is 0 Å². The van der Waals surface area contributed by atoms with Gasteiger partial charge in [-0.3, -0.25) is 8.63 Å². The number of halogens is 2. The first-order valence-corrected chi connectivity index (χ1v) is 14.5. The number of hydrogen-bond donors (Lipinski definition) is 0. The van der Waals surface area contributed by atoms with Crippen molar-refractivity contribution in [2.75, 3.05) is 0 Å². The maximum Gasteiger partial charge on any atom is 0.678 e. The van der Waals surface area contributed by atoms with Crippen LogP contribution in [0.5, 0.6) is 0 Å². The summed E-state index contributed by atoms with van der Waals surface area (Å²) in [7, 11) is -2.79. The molecule has 0 N–H and O–H groups in total. The normalized spacial score (nSPS) is 13.9. The molecule has 0 atom stereocenters. The first kappa shape index (κ1) is 27.3. The number of hydrogen-bond acceptors (Lipinski definition) is 1. The maximum absolute atomic E-state index is 15.4. The van der Waals surface area contributed by atoms with Crippen molar-refractivity contribution in [2.45, 2.75) is 0 Å². The van der Waals surface area contributed by atoms with Crippen molar-refractivity contribution in [2.24, 2.45) is 4.99 Å². The topological polar surface area (TPSA) is 17.3 Å². The Bertz CT molecular complexity index is 2070. The lowest BCUT2D eigenvalue weighted by Gasteiger charge is -2.16. The molecule has 0 unspecified atom stereocenters. The largest absolute Gasteiger partial charge is 0.678 e. The van der Waals surface area contributed by atoms with Crippen LogP contribution in [0.15, 0.2) is 151 Å². The average molecular weight is 572 g/mol. The Labute approximate surface area is 255 Å². The molecule has 7 rings (SSSR count). The summed E-state index contributed by atoms with van der Waals surface area (Å²) in [6.45, 7) is 0. The molecule has 2 heterocycles. The summed E-state index contributed by atoms with van der Waals surface area (Å²) in [5, 5.41) is 1.50. The maximum atomic E-state index is 15.4. The molecule has 1 aliphatic rings. The molecule has 5 aromatic carbocycles. The molecule has 0 spiro atoms. The van der Waals surface area contributed by atoms with E-state index < -0.39 is 7.40 Å². The van der Waals surface area contributed by atoms with E-state index in [1.54, 1.807) is 6.08 Å². The fourth-order valence-electron chi connectivity index (χ4n) is 5.86. The third kappa shape index (κ3) is 5.14. The second kappa shape index (κ2) is 12.0. The number of nitrogens with zero attached hydrogens (tertiary/aromatic N) is 2. The molecule has 0 saturated heterocycles. The standard InChI is InChI=1S/C39H27BF2N2/c41-40(42)44-36(27-25-29-16-6-2-7-17-29)32-21-11-13-23-34(32)39(44)37(30-18-8-3-9-19-30)38-33-22-12-10-20-31(33)35(43-38)26-24-28-14-4-1-5-15-28/h1-27H/b26-24+,27-25+,38-37-. The molecule has 0 saturated carbocycles. The van der Waals surface area contributed by atoms with E-state index in [2.05, 4.69) is 0 Å². The number of fused-ring (bicyclic) bond motifs is 2. The van der Waals surface area contributed by atoms with E-state index in [0.717, 1.165) is 48.8 Å². The van der Waals surface area contributed by atoms with Crippen LogP contribution in [-0.2, 0) is 0 Å². The zero-order valence-electron chi connectivity index (χ0n) is 23.8. The number of rotatable bonds is 7. The van der Waals surface area contributed by atoms with Crippen molar-refractivity contribution in [3.05, 3.63) is 185 Å². The molecular weight excluding hydrogens is 545 g/mol. The van der Waals surface area contributed by atoms with Crippen LogP contribution in [0, 0.1) is 0 Å². The van der Waals surface area contributed by atoms with Gasteiger partial charge in [-0.05, 0) is 28.8 Å². The molecule has 0 fully saturated rings. The smallest absolute Gasteiger partial charge is 0.324 e. The van der Waals surface area contributed by atoms with E-state index in [-0.39, 0.29) is 0 Å². The average Bonchev–Trinajstić information content (AvgIpc) is 3.61. The van der Waals surface area contributed by atoms with Crippen molar-refractivity contribution in [3.63, 3.8) is 0 Å². The summed E-state index contributed by atoms with van der Waals surface area (Å²) in [6, 6.07) is 45.2. The highest BCUT2D eigenvalue weighted by Gasteiger charge is 2.32. The van der Waals surface area contributed by atoms with E-state index in [4.69, 9.17) is 4.99 Å². The van der Waals surface area contributed by atoms with Crippen molar-refractivity contribution >= 4 is 53.4 Å². The number of aliphatic imine (C=N–C) groups is 1. The van der Waals surface area contributed by atoms with Gasteiger partial charge in [0.05, 0.1) is 17.1 Å².